The third-order valence-electron chi connectivity index (χ3n) is 5.91. The molecule has 3 rings (SSSR count). The van der Waals surface area contributed by atoms with Crippen molar-refractivity contribution in [3.63, 3.8) is 0 Å². The Labute approximate surface area is 211 Å². The average molecular weight is 525 g/mol. The van der Waals surface area contributed by atoms with E-state index < -0.39 is 16.1 Å². The Morgan fingerprint density at radius 1 is 1.34 bits per heavy atom. The Morgan fingerprint density at radius 3 is 2.66 bits per heavy atom. The number of carbonyl (C=O) groups is 2. The molecule has 3 N–H and O–H groups in total. The number of benzene rings is 1. The lowest BCUT2D eigenvalue weighted by molar-refractivity contribution is -0.123. The molecule has 10 nitrogen and oxygen atoms in total. The zero-order valence-electron chi connectivity index (χ0n) is 20.6. The summed E-state index contributed by atoms with van der Waals surface area (Å²) in [6, 6.07) is 2.50. The van der Waals surface area contributed by atoms with E-state index in [1.54, 1.807) is 0 Å². The van der Waals surface area contributed by atoms with Gasteiger partial charge in [0.15, 0.2) is 5.11 Å². The van der Waals surface area contributed by atoms with E-state index in [1.165, 1.54) is 24.1 Å². The molecule has 3 amide bonds. The van der Waals surface area contributed by atoms with E-state index in [2.05, 4.69) is 15.4 Å². The number of fused-ring (bicyclic) bond motifs is 1. The Morgan fingerprint density at radius 2 is 2.06 bits per heavy atom. The number of nitrogens with zero attached hydrogens (tertiary/aromatic N) is 1. The molecule has 0 fully saturated rings. The maximum absolute atomic E-state index is 13.1. The molecule has 12 heteroatoms. The van der Waals surface area contributed by atoms with Crippen molar-refractivity contribution in [3.05, 3.63) is 28.8 Å². The Kier molecular flexibility index (Phi) is 8.26. The first-order chi connectivity index (χ1) is 16.5. The topological polar surface area (TPSA) is 126 Å². The van der Waals surface area contributed by atoms with Gasteiger partial charge in [-0.1, -0.05) is 6.92 Å². The van der Waals surface area contributed by atoms with Crippen LogP contribution in [0.15, 0.2) is 28.2 Å². The number of carbonyl (C=O) groups excluding carboxylic acids is 2. The number of methoxy groups -OCH3 is 1. The molecule has 0 bridgehead atoms. The van der Waals surface area contributed by atoms with Crippen molar-refractivity contribution in [2.45, 2.75) is 57.4 Å². The van der Waals surface area contributed by atoms with Crippen molar-refractivity contribution in [2.75, 3.05) is 26.8 Å². The van der Waals surface area contributed by atoms with Crippen molar-refractivity contribution >= 4 is 39.3 Å². The second kappa shape index (κ2) is 10.8. The molecule has 0 aliphatic carbocycles. The van der Waals surface area contributed by atoms with E-state index >= 15 is 0 Å². The average Bonchev–Trinajstić information content (AvgIpc) is 3.08. The zero-order valence-corrected chi connectivity index (χ0v) is 22.2. The highest BCUT2D eigenvalue weighted by molar-refractivity contribution is 7.92. The van der Waals surface area contributed by atoms with Crippen LogP contribution in [0.25, 0.3) is 0 Å². The van der Waals surface area contributed by atoms with Crippen molar-refractivity contribution < 1.29 is 27.5 Å². The summed E-state index contributed by atoms with van der Waals surface area (Å²) < 4.78 is 39.6. The minimum Gasteiger partial charge on any atom is -0.495 e. The fourth-order valence-electron chi connectivity index (χ4n) is 4.19. The maximum Gasteiger partial charge on any atom is 0.324 e. The van der Waals surface area contributed by atoms with Crippen LogP contribution in [-0.2, 0) is 14.8 Å². The summed E-state index contributed by atoms with van der Waals surface area (Å²) in [7, 11) is -2.68. The molecule has 2 heterocycles. The summed E-state index contributed by atoms with van der Waals surface area (Å²) in [5.41, 5.74) is 2.18. The van der Waals surface area contributed by atoms with Gasteiger partial charge in [0.2, 0.25) is 0 Å². The van der Waals surface area contributed by atoms with Crippen LogP contribution < -0.4 is 24.8 Å². The molecule has 192 valence electrons. The van der Waals surface area contributed by atoms with E-state index in [0.717, 1.165) is 5.57 Å². The fraction of sp³-hybridized carbons (Fsp3) is 0.522. The van der Waals surface area contributed by atoms with Crippen molar-refractivity contribution in [3.8, 4) is 11.5 Å². The quantitative estimate of drug-likeness (QED) is 0.464. The van der Waals surface area contributed by atoms with Gasteiger partial charge in [-0.3, -0.25) is 14.4 Å². The summed E-state index contributed by atoms with van der Waals surface area (Å²) in [6.45, 7) is 8.30. The van der Waals surface area contributed by atoms with Crippen LogP contribution in [0, 0.1) is 0 Å². The zero-order chi connectivity index (χ0) is 25.9. The van der Waals surface area contributed by atoms with Crippen LogP contribution in [0.1, 0.15) is 52.0 Å². The number of hydrogen-bond acceptors (Lipinski definition) is 7. The lowest BCUT2D eigenvalue weighted by Crippen LogP contribution is -2.43. The van der Waals surface area contributed by atoms with Crippen LogP contribution in [0.5, 0.6) is 11.5 Å². The third kappa shape index (κ3) is 5.87. The molecule has 0 saturated heterocycles. The first-order valence-electron chi connectivity index (χ1n) is 11.4. The first kappa shape index (κ1) is 26.7. The lowest BCUT2D eigenvalue weighted by Gasteiger charge is -2.28. The number of nitrogens with one attached hydrogen (secondary N) is 3. The van der Waals surface area contributed by atoms with Gasteiger partial charge in [0.25, 0.3) is 15.9 Å². The van der Waals surface area contributed by atoms with Gasteiger partial charge in [-0.15, -0.1) is 0 Å². The summed E-state index contributed by atoms with van der Waals surface area (Å²) in [5, 5.41) is 5.65. The molecule has 2 aliphatic heterocycles. The molecule has 2 aliphatic rings. The molecule has 1 unspecified atom stereocenters. The summed E-state index contributed by atoms with van der Waals surface area (Å²) in [6.07, 6.45) is 1.14. The molecule has 0 spiro atoms. The van der Waals surface area contributed by atoms with E-state index in [9.17, 15) is 18.0 Å². The fourth-order valence-corrected chi connectivity index (χ4v) is 5.86. The van der Waals surface area contributed by atoms with Crippen LogP contribution in [-0.4, -0.2) is 63.2 Å². The molecule has 0 aromatic heterocycles. The Balaban J connectivity index is 1.81. The molecular formula is C23H32N4O6S2. The summed E-state index contributed by atoms with van der Waals surface area (Å²) in [5.74, 6) is 0.104. The van der Waals surface area contributed by atoms with Crippen molar-refractivity contribution in [1.82, 2.24) is 20.3 Å². The molecule has 1 atom stereocenters. The number of amides is 3. The molecule has 0 saturated carbocycles. The van der Waals surface area contributed by atoms with E-state index in [-0.39, 0.29) is 46.7 Å². The number of ether oxygens (including phenoxy) is 2. The third-order valence-corrected chi connectivity index (χ3v) is 7.63. The number of rotatable bonds is 7. The lowest BCUT2D eigenvalue weighted by atomic mass is 9.93. The smallest absolute Gasteiger partial charge is 0.324 e. The molecule has 1 aromatic carbocycles. The highest BCUT2D eigenvalue weighted by Gasteiger charge is 2.33. The van der Waals surface area contributed by atoms with Gasteiger partial charge in [0, 0.05) is 35.7 Å². The van der Waals surface area contributed by atoms with Crippen LogP contribution in [0.4, 0.5) is 4.79 Å². The van der Waals surface area contributed by atoms with Gasteiger partial charge < -0.3 is 20.1 Å². The highest BCUT2D eigenvalue weighted by atomic mass is 32.2. The Bertz CT molecular complexity index is 1160. The minimum absolute atomic E-state index is 0.0227. The van der Waals surface area contributed by atoms with Gasteiger partial charge in [0.05, 0.1) is 20.3 Å². The van der Waals surface area contributed by atoms with E-state index in [4.69, 9.17) is 21.7 Å². The summed E-state index contributed by atoms with van der Waals surface area (Å²) in [4.78, 5) is 26.4. The SMILES string of the molecule is CCC1=C(C)CN(C(=O)NCC2CCOc3cc(OC)c(S(=O)(=O)NC(=S)NC(C)C)cc32)C1=O. The van der Waals surface area contributed by atoms with Crippen LogP contribution in [0.2, 0.25) is 0 Å². The second-order valence-electron chi connectivity index (χ2n) is 8.80. The van der Waals surface area contributed by atoms with Crippen molar-refractivity contribution in [1.29, 1.82) is 0 Å². The predicted molar refractivity (Wildman–Crippen MR) is 135 cm³/mol. The van der Waals surface area contributed by atoms with Gasteiger partial charge in [-0.2, -0.15) is 0 Å². The Hall–Kier alpha value is -2.86. The largest absolute Gasteiger partial charge is 0.495 e. The molecular weight excluding hydrogens is 492 g/mol. The molecule has 0 radical (unpaired) electrons. The van der Waals surface area contributed by atoms with E-state index in [1.807, 2.05) is 27.7 Å². The predicted octanol–water partition coefficient (Wildman–Crippen LogP) is 2.40. The second-order valence-corrected chi connectivity index (χ2v) is 10.9. The van der Waals surface area contributed by atoms with Crippen LogP contribution >= 0.6 is 12.2 Å². The van der Waals surface area contributed by atoms with E-state index in [0.29, 0.717) is 36.3 Å². The molecule has 35 heavy (non-hydrogen) atoms. The number of urea groups is 1. The minimum atomic E-state index is -4.05. The van der Waals surface area contributed by atoms with Gasteiger partial charge in [0.1, 0.15) is 16.4 Å². The standard InChI is InChI=1S/C23H32N4O6S2/c1-6-16-14(4)12-27(21(16)28)23(29)24-11-15-7-8-33-18-10-19(32-5)20(9-17(15)18)35(30,31)26-22(34)25-13(2)3/h9-10,13,15H,6-8,11-12H2,1-5H3,(H,24,29)(H2,25,26,34). The van der Waals surface area contributed by atoms with Crippen molar-refractivity contribution in [2.24, 2.45) is 0 Å². The maximum atomic E-state index is 13.1. The number of sulfonamides is 1. The van der Waals surface area contributed by atoms with Gasteiger partial charge in [-0.25, -0.2) is 13.2 Å². The number of imide groups is 1. The number of hydrogen-bond donors (Lipinski definition) is 3. The normalized spacial score (nSPS) is 17.7. The van der Waals surface area contributed by atoms with Crippen LogP contribution in [0.3, 0.4) is 0 Å². The summed E-state index contributed by atoms with van der Waals surface area (Å²) >= 11 is 5.11. The van der Waals surface area contributed by atoms with Gasteiger partial charge in [-0.05, 0) is 57.5 Å². The molecule has 1 aromatic rings. The van der Waals surface area contributed by atoms with Gasteiger partial charge >= 0.3 is 6.03 Å². The first-order valence-corrected chi connectivity index (χ1v) is 13.3. The highest BCUT2D eigenvalue weighted by Crippen LogP contribution is 2.39. The monoisotopic (exact) mass is 524 g/mol. The number of thiocarbonyl (C=S) groups is 1.